The fourth-order valence-corrected chi connectivity index (χ4v) is 3.99. The summed E-state index contributed by atoms with van der Waals surface area (Å²) >= 11 is 0. The van der Waals surface area contributed by atoms with E-state index in [9.17, 15) is 9.59 Å². The van der Waals surface area contributed by atoms with Gasteiger partial charge in [0.25, 0.3) is 0 Å². The van der Waals surface area contributed by atoms with Gasteiger partial charge >= 0.3 is 0 Å². The number of piperidine rings is 1. The lowest BCUT2D eigenvalue weighted by atomic mass is 9.98. The lowest BCUT2D eigenvalue weighted by Gasteiger charge is -2.36. The number of aryl methyl sites for hydroxylation is 1. The highest BCUT2D eigenvalue weighted by Gasteiger charge is 2.33. The second kappa shape index (κ2) is 9.23. The Hall–Kier alpha value is -2.66. The van der Waals surface area contributed by atoms with Crippen molar-refractivity contribution in [2.24, 2.45) is 0 Å². The molecule has 5 nitrogen and oxygen atoms in total. The molecule has 1 atom stereocenters. The van der Waals surface area contributed by atoms with Crippen molar-refractivity contribution in [2.75, 3.05) is 30.4 Å². The first-order chi connectivity index (χ1) is 13.9. The van der Waals surface area contributed by atoms with Crippen LogP contribution < -0.4 is 10.2 Å². The molecular formula is C24H31N3O2. The molecule has 1 unspecified atom stereocenters. The highest BCUT2D eigenvalue weighted by molar-refractivity contribution is 5.99. The van der Waals surface area contributed by atoms with E-state index >= 15 is 0 Å². The summed E-state index contributed by atoms with van der Waals surface area (Å²) in [5.41, 5.74) is 3.99. The average molecular weight is 394 g/mol. The number of carbonyl (C=O) groups is 2. The van der Waals surface area contributed by atoms with Gasteiger partial charge in [0.15, 0.2) is 0 Å². The number of para-hydroxylation sites is 2. The summed E-state index contributed by atoms with van der Waals surface area (Å²) in [4.78, 5) is 29.5. The predicted octanol–water partition coefficient (Wildman–Crippen LogP) is 4.18. The van der Waals surface area contributed by atoms with Crippen LogP contribution in [-0.4, -0.2) is 42.9 Å². The summed E-state index contributed by atoms with van der Waals surface area (Å²) in [6.45, 7) is 7.16. The third-order valence-corrected chi connectivity index (χ3v) is 5.59. The van der Waals surface area contributed by atoms with Crippen LogP contribution in [0.5, 0.6) is 0 Å². The van der Waals surface area contributed by atoms with Crippen molar-refractivity contribution < 1.29 is 9.59 Å². The van der Waals surface area contributed by atoms with Gasteiger partial charge in [-0.2, -0.15) is 0 Å². The second-order valence-electron chi connectivity index (χ2n) is 8.14. The Morgan fingerprint density at radius 3 is 2.59 bits per heavy atom. The maximum atomic E-state index is 13.1. The topological polar surface area (TPSA) is 52.7 Å². The number of likely N-dealkylation sites (N-methyl/N-ethyl adjacent to an activating group) is 1. The zero-order chi connectivity index (χ0) is 21.0. The molecule has 2 amide bonds. The Bertz CT molecular complexity index is 864. The fraction of sp³-hybridized carbons (Fsp3) is 0.417. The van der Waals surface area contributed by atoms with Crippen LogP contribution in [0, 0.1) is 6.92 Å². The summed E-state index contributed by atoms with van der Waals surface area (Å²) < 4.78 is 0. The molecule has 0 saturated carbocycles. The summed E-state index contributed by atoms with van der Waals surface area (Å²) in [5, 5.41) is 3.08. The van der Waals surface area contributed by atoms with Crippen molar-refractivity contribution in [2.45, 2.75) is 45.6 Å². The molecule has 1 heterocycles. The van der Waals surface area contributed by atoms with Gasteiger partial charge in [0.1, 0.15) is 0 Å². The van der Waals surface area contributed by atoms with Gasteiger partial charge in [-0.25, -0.2) is 0 Å². The van der Waals surface area contributed by atoms with Crippen LogP contribution in [0.15, 0.2) is 48.5 Å². The highest BCUT2D eigenvalue weighted by Crippen LogP contribution is 2.28. The third-order valence-electron chi connectivity index (χ3n) is 5.59. The molecule has 29 heavy (non-hydrogen) atoms. The molecule has 0 aliphatic carbocycles. The van der Waals surface area contributed by atoms with Crippen LogP contribution in [0.3, 0.4) is 0 Å². The number of rotatable bonds is 6. The van der Waals surface area contributed by atoms with E-state index in [-0.39, 0.29) is 24.4 Å². The van der Waals surface area contributed by atoms with Crippen molar-refractivity contribution in [1.82, 2.24) is 4.90 Å². The molecule has 1 fully saturated rings. The standard InChI is InChI=1S/C24H31N3O2/c1-17(2)20-13-8-10-18(3)23(20)25-22(28)16-26(4)21-14-9-15-27(24(21)29)19-11-6-5-7-12-19/h5-8,10-13,17,21H,9,14-16H2,1-4H3,(H,25,28). The Labute approximate surface area is 173 Å². The Morgan fingerprint density at radius 2 is 1.90 bits per heavy atom. The van der Waals surface area contributed by atoms with Gasteiger partial charge in [-0.05, 0) is 56.0 Å². The zero-order valence-electron chi connectivity index (χ0n) is 17.8. The van der Waals surface area contributed by atoms with Crippen LogP contribution in [-0.2, 0) is 9.59 Å². The minimum absolute atomic E-state index is 0.0662. The predicted molar refractivity (Wildman–Crippen MR) is 118 cm³/mol. The quantitative estimate of drug-likeness (QED) is 0.801. The molecule has 1 aliphatic heterocycles. The summed E-state index contributed by atoms with van der Waals surface area (Å²) in [5.74, 6) is 0.298. The maximum Gasteiger partial charge on any atom is 0.244 e. The van der Waals surface area contributed by atoms with E-state index in [4.69, 9.17) is 0 Å². The Balaban J connectivity index is 1.68. The first-order valence-electron chi connectivity index (χ1n) is 10.3. The van der Waals surface area contributed by atoms with E-state index in [1.54, 1.807) is 0 Å². The van der Waals surface area contributed by atoms with Gasteiger partial charge in [0.05, 0.1) is 12.6 Å². The molecule has 154 valence electrons. The highest BCUT2D eigenvalue weighted by atomic mass is 16.2. The summed E-state index contributed by atoms with van der Waals surface area (Å²) in [6.07, 6.45) is 1.69. The molecular weight excluding hydrogens is 362 g/mol. The Morgan fingerprint density at radius 1 is 1.17 bits per heavy atom. The molecule has 0 bridgehead atoms. The fourth-order valence-electron chi connectivity index (χ4n) is 3.99. The molecule has 1 saturated heterocycles. The first-order valence-corrected chi connectivity index (χ1v) is 10.3. The van der Waals surface area contributed by atoms with Crippen LogP contribution in [0.1, 0.15) is 43.7 Å². The third kappa shape index (κ3) is 4.85. The number of benzene rings is 2. The van der Waals surface area contributed by atoms with Gasteiger partial charge < -0.3 is 10.2 Å². The van der Waals surface area contributed by atoms with Crippen LogP contribution in [0.4, 0.5) is 11.4 Å². The lowest BCUT2D eigenvalue weighted by molar-refractivity contribution is -0.126. The number of nitrogens with zero attached hydrogens (tertiary/aromatic N) is 2. The molecule has 5 heteroatoms. The first kappa shape index (κ1) is 21.1. The normalized spacial score (nSPS) is 17.1. The number of nitrogens with one attached hydrogen (secondary N) is 1. The van der Waals surface area contributed by atoms with Gasteiger partial charge in [-0.1, -0.05) is 50.2 Å². The lowest BCUT2D eigenvalue weighted by Crippen LogP contribution is -2.52. The SMILES string of the molecule is Cc1cccc(C(C)C)c1NC(=O)CN(C)C1CCCN(c2ccccc2)C1=O. The minimum Gasteiger partial charge on any atom is -0.324 e. The minimum atomic E-state index is -0.281. The van der Waals surface area contributed by atoms with E-state index in [0.717, 1.165) is 41.9 Å². The number of hydrogen-bond acceptors (Lipinski definition) is 3. The molecule has 3 rings (SSSR count). The number of carbonyl (C=O) groups excluding carboxylic acids is 2. The molecule has 1 N–H and O–H groups in total. The summed E-state index contributed by atoms with van der Waals surface area (Å²) in [6, 6.07) is 15.5. The number of hydrogen-bond donors (Lipinski definition) is 1. The van der Waals surface area contributed by atoms with E-state index in [1.165, 1.54) is 0 Å². The van der Waals surface area contributed by atoms with Crippen molar-refractivity contribution >= 4 is 23.2 Å². The smallest absolute Gasteiger partial charge is 0.244 e. The largest absolute Gasteiger partial charge is 0.324 e. The van der Waals surface area contributed by atoms with Gasteiger partial charge in [-0.15, -0.1) is 0 Å². The van der Waals surface area contributed by atoms with E-state index < -0.39 is 0 Å². The monoisotopic (exact) mass is 393 g/mol. The molecule has 0 aromatic heterocycles. The van der Waals surface area contributed by atoms with E-state index in [1.807, 2.05) is 66.2 Å². The van der Waals surface area contributed by atoms with E-state index in [2.05, 4.69) is 25.2 Å². The van der Waals surface area contributed by atoms with Crippen LogP contribution in [0.2, 0.25) is 0 Å². The molecule has 0 spiro atoms. The summed E-state index contributed by atoms with van der Waals surface area (Å²) in [7, 11) is 1.86. The second-order valence-corrected chi connectivity index (χ2v) is 8.14. The van der Waals surface area contributed by atoms with E-state index in [0.29, 0.717) is 5.92 Å². The zero-order valence-corrected chi connectivity index (χ0v) is 17.8. The number of anilines is 2. The average Bonchev–Trinajstić information content (AvgIpc) is 2.70. The van der Waals surface area contributed by atoms with Crippen molar-refractivity contribution in [3.8, 4) is 0 Å². The number of amides is 2. The van der Waals surface area contributed by atoms with Crippen molar-refractivity contribution in [1.29, 1.82) is 0 Å². The molecule has 1 aliphatic rings. The van der Waals surface area contributed by atoms with Crippen molar-refractivity contribution in [3.63, 3.8) is 0 Å². The molecule has 0 radical (unpaired) electrons. The maximum absolute atomic E-state index is 13.1. The van der Waals surface area contributed by atoms with Crippen LogP contribution in [0.25, 0.3) is 0 Å². The van der Waals surface area contributed by atoms with Gasteiger partial charge in [-0.3, -0.25) is 14.5 Å². The molecule has 2 aromatic carbocycles. The van der Waals surface area contributed by atoms with Gasteiger partial charge in [0.2, 0.25) is 11.8 Å². The Kier molecular flexibility index (Phi) is 6.70. The van der Waals surface area contributed by atoms with Gasteiger partial charge in [0, 0.05) is 17.9 Å². The molecule has 2 aromatic rings. The van der Waals surface area contributed by atoms with Crippen LogP contribution >= 0.6 is 0 Å². The van der Waals surface area contributed by atoms with Crippen molar-refractivity contribution in [3.05, 3.63) is 59.7 Å².